The highest BCUT2D eigenvalue weighted by Gasteiger charge is 2.39. The molecule has 8 nitrogen and oxygen atoms in total. The van der Waals surface area contributed by atoms with E-state index < -0.39 is 17.7 Å². The maximum atomic E-state index is 15.5. The van der Waals surface area contributed by atoms with Gasteiger partial charge < -0.3 is 30.3 Å². The summed E-state index contributed by atoms with van der Waals surface area (Å²) >= 11 is 0. The molecule has 2 atom stereocenters. The summed E-state index contributed by atoms with van der Waals surface area (Å²) in [4.78, 5) is 30.3. The lowest BCUT2D eigenvalue weighted by Gasteiger charge is -2.29. The first-order valence-corrected chi connectivity index (χ1v) is 25.4. The topological polar surface area (TPSA) is 117 Å². The van der Waals surface area contributed by atoms with Crippen LogP contribution in [-0.2, 0) is 14.3 Å². The normalized spacial score (nSPS) is 24.3. The van der Waals surface area contributed by atoms with Crippen molar-refractivity contribution < 1.29 is 29.3 Å². The molecule has 68 heavy (non-hydrogen) atoms. The molecule has 1 aromatic carbocycles. The van der Waals surface area contributed by atoms with E-state index in [1.807, 2.05) is 50.3 Å². The number of carbonyl (C=O) groups excluding carboxylic acids is 2. The second-order valence-corrected chi connectivity index (χ2v) is 18.9. The van der Waals surface area contributed by atoms with Gasteiger partial charge in [-0.3, -0.25) is 9.59 Å². The fourth-order valence-corrected chi connectivity index (χ4v) is 10.2. The third kappa shape index (κ3) is 13.4. The lowest BCUT2D eigenvalue weighted by molar-refractivity contribution is -0.121. The average molecular weight is 921 g/mol. The number of aryl methyl sites for hydroxylation is 1. The molecule has 0 radical (unpaired) electrons. The van der Waals surface area contributed by atoms with Crippen molar-refractivity contribution in [3.05, 3.63) is 184 Å². The molecule has 0 aliphatic heterocycles. The lowest BCUT2D eigenvalue weighted by atomic mass is 9.78. The van der Waals surface area contributed by atoms with Gasteiger partial charge in [-0.15, -0.1) is 6.58 Å². The first-order valence-electron chi connectivity index (χ1n) is 25.4. The standard InChI is InChI=1S/C60H76N2O6/c1-8-13-27-49(29-28-40(6)42-23-17-14-15-18-24-42)67-39-45-36-48(61-46(11-4)12-5)35-44-37-53(58(45)64)60(66)57-52(38-55(44)63)59(65)56(33-32-54(57)62-47(21-9-2)22-10-3)68-50-30-31-51(41(7)34-50)43-25-19-16-20-26-43/h9,11-12,22,27-36,42-44,54,61-62,64-65H,2,4,6,8,10,13-21,23-26,37-39H2,1,3,5,7H3/b29-28-,45-36-,46-12+,47-22+,48-35-,49-27+,58-53-. The number of fused-ring (bicyclic) bond motifs is 2. The third-order valence-electron chi connectivity index (χ3n) is 14.0. The number of aliphatic hydroxyl groups is 2. The Labute approximate surface area is 406 Å². The molecular weight excluding hydrogens is 845 g/mol. The van der Waals surface area contributed by atoms with E-state index in [1.54, 1.807) is 36.5 Å². The summed E-state index contributed by atoms with van der Waals surface area (Å²) in [5, 5.41) is 31.9. The zero-order chi connectivity index (χ0) is 48.6. The molecule has 0 aromatic heterocycles. The van der Waals surface area contributed by atoms with E-state index in [0.29, 0.717) is 46.7 Å². The lowest BCUT2D eigenvalue weighted by Crippen LogP contribution is -2.36. The molecule has 8 heteroatoms. The maximum absolute atomic E-state index is 15.5. The first kappa shape index (κ1) is 51.4. The Morgan fingerprint density at radius 1 is 0.926 bits per heavy atom. The van der Waals surface area contributed by atoms with Crippen LogP contribution in [0.25, 0.3) is 0 Å². The maximum Gasteiger partial charge on any atom is 0.191 e. The van der Waals surface area contributed by atoms with Crippen molar-refractivity contribution in [1.82, 2.24) is 10.6 Å². The Morgan fingerprint density at radius 3 is 2.34 bits per heavy atom. The number of unbranched alkanes of at least 4 members (excludes halogenated alkanes) is 1. The van der Waals surface area contributed by atoms with Gasteiger partial charge in [0.05, 0.1) is 6.04 Å². The van der Waals surface area contributed by atoms with Crippen molar-refractivity contribution >= 4 is 11.6 Å². The van der Waals surface area contributed by atoms with Gasteiger partial charge in [-0.2, -0.15) is 0 Å². The predicted octanol–water partition coefficient (Wildman–Crippen LogP) is 14.5. The molecule has 2 unspecified atom stereocenters. The Bertz CT molecular complexity index is 2380. The molecule has 0 saturated heterocycles. The Morgan fingerprint density at radius 2 is 1.66 bits per heavy atom. The fourth-order valence-electron chi connectivity index (χ4n) is 10.2. The van der Waals surface area contributed by atoms with E-state index in [4.69, 9.17) is 9.47 Å². The summed E-state index contributed by atoms with van der Waals surface area (Å²) in [5.74, 6) is 0.128. The number of rotatable bonds is 19. The highest BCUT2D eigenvalue weighted by atomic mass is 16.5. The number of ketones is 2. The summed E-state index contributed by atoms with van der Waals surface area (Å²) in [5.41, 5.74) is 6.30. The Balaban J connectivity index is 1.45. The highest BCUT2D eigenvalue weighted by molar-refractivity contribution is 6.13. The molecular formula is C60H76N2O6. The van der Waals surface area contributed by atoms with Gasteiger partial charge in [0.25, 0.3) is 0 Å². The molecule has 6 rings (SSSR count). The van der Waals surface area contributed by atoms with Crippen LogP contribution >= 0.6 is 0 Å². The van der Waals surface area contributed by atoms with Gasteiger partial charge in [-0.1, -0.05) is 126 Å². The van der Waals surface area contributed by atoms with Crippen LogP contribution in [0.4, 0.5) is 0 Å². The van der Waals surface area contributed by atoms with E-state index >= 15 is 4.79 Å². The van der Waals surface area contributed by atoms with Crippen molar-refractivity contribution in [3.8, 4) is 5.75 Å². The minimum Gasteiger partial charge on any atom is -0.507 e. The third-order valence-corrected chi connectivity index (χ3v) is 14.0. The van der Waals surface area contributed by atoms with Gasteiger partial charge >= 0.3 is 0 Å². The smallest absolute Gasteiger partial charge is 0.191 e. The SMILES string of the molecule is C=CC/C(=C\CC)NC1C=CC(Oc2ccc(C3CCCCC3)c(C)c2)=C(O)C2=C1C(=O)/C1=C(O)/C(COC(/C=C\C(=C)C3CCCCCC3)=C/CCC)=C\C(N/C(C=C)=C/C)=C\C(C1)C(=O)C2. The van der Waals surface area contributed by atoms with Gasteiger partial charge in [0.1, 0.15) is 29.7 Å². The monoisotopic (exact) mass is 921 g/mol. The number of benzene rings is 1. The van der Waals surface area contributed by atoms with Crippen LogP contribution in [0.15, 0.2) is 173 Å². The van der Waals surface area contributed by atoms with Crippen LogP contribution in [0, 0.1) is 18.8 Å². The van der Waals surface area contributed by atoms with Crippen LogP contribution in [0.1, 0.15) is 147 Å². The number of ether oxygens (including phenoxy) is 2. The number of hydrogen-bond donors (Lipinski definition) is 4. The van der Waals surface area contributed by atoms with Crippen LogP contribution in [0.3, 0.4) is 0 Å². The number of hydrogen-bond acceptors (Lipinski definition) is 8. The highest BCUT2D eigenvalue weighted by Crippen LogP contribution is 2.40. The minimum atomic E-state index is -0.835. The van der Waals surface area contributed by atoms with Gasteiger partial charge in [0.2, 0.25) is 0 Å². The van der Waals surface area contributed by atoms with E-state index in [0.717, 1.165) is 48.9 Å². The minimum absolute atomic E-state index is 0.0584. The van der Waals surface area contributed by atoms with E-state index in [2.05, 4.69) is 56.4 Å². The zero-order valence-electron chi connectivity index (χ0n) is 41.3. The summed E-state index contributed by atoms with van der Waals surface area (Å²) in [6.07, 6.45) is 36.3. The van der Waals surface area contributed by atoms with Crippen molar-refractivity contribution in [1.29, 1.82) is 0 Å². The molecule has 0 heterocycles. The molecule has 1 aromatic rings. The largest absolute Gasteiger partial charge is 0.507 e. The van der Waals surface area contributed by atoms with Gasteiger partial charge in [-0.25, -0.2) is 0 Å². The van der Waals surface area contributed by atoms with Gasteiger partial charge in [0.15, 0.2) is 17.3 Å². The van der Waals surface area contributed by atoms with Crippen molar-refractivity contribution in [2.45, 2.75) is 149 Å². The van der Waals surface area contributed by atoms with Crippen molar-refractivity contribution in [2.24, 2.45) is 11.8 Å². The number of carbonyl (C=O) groups is 2. The number of allylic oxidation sites excluding steroid dienone is 13. The summed E-state index contributed by atoms with van der Waals surface area (Å²) in [7, 11) is 0. The molecule has 5 aliphatic rings. The average Bonchev–Trinajstić information content (AvgIpc) is 3.68. The molecule has 5 aliphatic carbocycles. The van der Waals surface area contributed by atoms with Gasteiger partial charge in [-0.05, 0) is 124 Å². The molecule has 0 amide bonds. The van der Waals surface area contributed by atoms with E-state index in [1.165, 1.54) is 63.4 Å². The van der Waals surface area contributed by atoms with Gasteiger partial charge in [0, 0.05) is 58.1 Å². The first-order chi connectivity index (χ1) is 33.0. The molecule has 2 bridgehead atoms. The summed E-state index contributed by atoms with van der Waals surface area (Å²) < 4.78 is 13.1. The number of Topliss-reactive ketones (excluding diaryl/α,β-unsaturated/α-hetero) is 2. The number of nitrogens with one attached hydrogen (secondary N) is 2. The van der Waals surface area contributed by atoms with Crippen LogP contribution < -0.4 is 15.4 Å². The van der Waals surface area contributed by atoms with Crippen LogP contribution in [0.2, 0.25) is 0 Å². The molecule has 2 fully saturated rings. The Kier molecular flexibility index (Phi) is 19.2. The zero-order valence-corrected chi connectivity index (χ0v) is 41.3. The molecule has 362 valence electrons. The number of aliphatic hydroxyl groups excluding tert-OH is 2. The molecule has 4 N–H and O–H groups in total. The quantitative estimate of drug-likeness (QED) is 0.0469. The molecule has 2 saturated carbocycles. The Hall–Kier alpha value is -6.02. The predicted molar refractivity (Wildman–Crippen MR) is 278 cm³/mol. The second kappa shape index (κ2) is 25.4. The molecule has 0 spiro atoms. The van der Waals surface area contributed by atoms with Crippen molar-refractivity contribution in [2.75, 3.05) is 6.61 Å². The van der Waals surface area contributed by atoms with Crippen molar-refractivity contribution in [3.63, 3.8) is 0 Å². The van der Waals surface area contributed by atoms with E-state index in [-0.39, 0.29) is 59.2 Å². The summed E-state index contributed by atoms with van der Waals surface area (Å²) in [6.45, 7) is 20.4. The van der Waals surface area contributed by atoms with Crippen LogP contribution in [-0.4, -0.2) is 34.4 Å². The van der Waals surface area contributed by atoms with E-state index in [9.17, 15) is 15.0 Å². The second-order valence-electron chi connectivity index (χ2n) is 18.9. The summed E-state index contributed by atoms with van der Waals surface area (Å²) in [6, 6.07) is 5.26. The fraction of sp³-hybridized carbons (Fsp3) is 0.433. The van der Waals surface area contributed by atoms with Crippen LogP contribution in [0.5, 0.6) is 5.75 Å².